The summed E-state index contributed by atoms with van der Waals surface area (Å²) in [6, 6.07) is 6.27. The number of azo groups is 1. The number of phenols is 4. The van der Waals surface area contributed by atoms with Crippen LogP contribution in [0, 0.1) is 0 Å². The average molecular weight is 290 g/mol. The standard InChI is InChI=1S/C13H10N2O6/c16-7-3-1-6(2-4-7)14-15-10-8(13(20)21)5-9(17)11(18)12(10)19/h1-5,16-19H,(H,20,21). The van der Waals surface area contributed by atoms with E-state index in [9.17, 15) is 20.1 Å². The summed E-state index contributed by atoms with van der Waals surface area (Å²) in [5.74, 6) is -4.01. The Morgan fingerprint density at radius 3 is 2.10 bits per heavy atom. The highest BCUT2D eigenvalue weighted by molar-refractivity contribution is 5.96. The largest absolute Gasteiger partial charge is 0.508 e. The number of carboxylic acid groups (broad SMARTS) is 1. The van der Waals surface area contributed by atoms with Gasteiger partial charge in [-0.1, -0.05) is 0 Å². The lowest BCUT2D eigenvalue weighted by molar-refractivity contribution is 0.0697. The number of nitrogens with zero attached hydrogens (tertiary/aromatic N) is 2. The molecule has 0 aliphatic carbocycles. The molecule has 5 N–H and O–H groups in total. The molecule has 108 valence electrons. The number of carboxylic acids is 1. The SMILES string of the molecule is O=C(O)c1cc(O)c(O)c(O)c1N=Nc1ccc(O)cc1. The highest BCUT2D eigenvalue weighted by atomic mass is 16.4. The number of carbonyl (C=O) groups is 1. The lowest BCUT2D eigenvalue weighted by Gasteiger charge is -2.06. The Bertz CT molecular complexity index is 724. The van der Waals surface area contributed by atoms with Gasteiger partial charge in [0.15, 0.2) is 11.5 Å². The molecule has 0 aliphatic rings. The van der Waals surface area contributed by atoms with Crippen molar-refractivity contribution in [1.29, 1.82) is 0 Å². The Morgan fingerprint density at radius 2 is 1.52 bits per heavy atom. The van der Waals surface area contributed by atoms with Crippen molar-refractivity contribution in [2.45, 2.75) is 0 Å². The quantitative estimate of drug-likeness (QED) is 0.434. The van der Waals surface area contributed by atoms with Crippen molar-refractivity contribution in [3.8, 4) is 23.0 Å². The Hall–Kier alpha value is -3.29. The lowest BCUT2D eigenvalue weighted by Crippen LogP contribution is -1.96. The summed E-state index contributed by atoms with van der Waals surface area (Å²) < 4.78 is 0. The number of rotatable bonds is 3. The monoisotopic (exact) mass is 290 g/mol. The molecule has 2 aromatic carbocycles. The van der Waals surface area contributed by atoms with Gasteiger partial charge < -0.3 is 25.5 Å². The van der Waals surface area contributed by atoms with Crippen molar-refractivity contribution in [2.75, 3.05) is 0 Å². The van der Waals surface area contributed by atoms with Gasteiger partial charge in [0.1, 0.15) is 11.4 Å². The number of phenolic OH excluding ortho intramolecular Hbond substituents is 4. The smallest absolute Gasteiger partial charge is 0.338 e. The first kappa shape index (κ1) is 14.1. The molecule has 0 amide bonds. The third kappa shape index (κ3) is 2.84. The maximum Gasteiger partial charge on any atom is 0.338 e. The number of aromatic carboxylic acids is 1. The molecule has 0 fully saturated rings. The van der Waals surface area contributed by atoms with Crippen LogP contribution < -0.4 is 0 Å². The molecule has 0 aliphatic heterocycles. The van der Waals surface area contributed by atoms with Crippen molar-refractivity contribution in [2.24, 2.45) is 10.2 Å². The fourth-order valence-electron chi connectivity index (χ4n) is 1.53. The molecule has 8 heteroatoms. The van der Waals surface area contributed by atoms with Crippen LogP contribution in [0.5, 0.6) is 23.0 Å². The normalized spacial score (nSPS) is 10.9. The van der Waals surface area contributed by atoms with E-state index in [0.29, 0.717) is 0 Å². The molecular weight excluding hydrogens is 280 g/mol. The van der Waals surface area contributed by atoms with Crippen molar-refractivity contribution in [1.82, 2.24) is 0 Å². The van der Waals surface area contributed by atoms with Crippen LogP contribution in [-0.4, -0.2) is 31.5 Å². The van der Waals surface area contributed by atoms with Crippen LogP contribution >= 0.6 is 0 Å². The Kier molecular flexibility index (Phi) is 3.61. The minimum absolute atomic E-state index is 0.0188. The zero-order valence-electron chi connectivity index (χ0n) is 10.4. The maximum atomic E-state index is 11.1. The first-order chi connectivity index (χ1) is 9.90. The summed E-state index contributed by atoms with van der Waals surface area (Å²) >= 11 is 0. The number of hydrogen-bond acceptors (Lipinski definition) is 7. The second-order valence-corrected chi connectivity index (χ2v) is 4.01. The molecule has 8 nitrogen and oxygen atoms in total. The summed E-state index contributed by atoms with van der Waals surface area (Å²) in [6.07, 6.45) is 0. The van der Waals surface area contributed by atoms with E-state index in [2.05, 4.69) is 10.2 Å². The third-order valence-corrected chi connectivity index (χ3v) is 2.57. The van der Waals surface area contributed by atoms with Gasteiger partial charge in [-0.3, -0.25) is 0 Å². The molecule has 0 bridgehead atoms. The van der Waals surface area contributed by atoms with Gasteiger partial charge in [0.25, 0.3) is 0 Å². The molecule has 2 rings (SSSR count). The zero-order chi connectivity index (χ0) is 15.6. The summed E-state index contributed by atoms with van der Waals surface area (Å²) in [6.45, 7) is 0. The van der Waals surface area contributed by atoms with Crippen molar-refractivity contribution in [3.05, 3.63) is 35.9 Å². The van der Waals surface area contributed by atoms with Gasteiger partial charge in [0.05, 0.1) is 11.3 Å². The molecule has 0 saturated carbocycles. The summed E-state index contributed by atoms with van der Waals surface area (Å²) in [7, 11) is 0. The van der Waals surface area contributed by atoms with Gasteiger partial charge >= 0.3 is 5.97 Å². The molecule has 0 atom stereocenters. The van der Waals surface area contributed by atoms with Gasteiger partial charge in [0.2, 0.25) is 5.75 Å². The van der Waals surface area contributed by atoms with Crippen LogP contribution in [-0.2, 0) is 0 Å². The number of aromatic hydroxyl groups is 4. The molecule has 0 saturated heterocycles. The summed E-state index contributed by atoms with van der Waals surface area (Å²) in [5.41, 5.74) is -0.729. The molecule has 0 aromatic heterocycles. The van der Waals surface area contributed by atoms with E-state index in [4.69, 9.17) is 10.2 Å². The molecule has 0 radical (unpaired) electrons. The van der Waals surface area contributed by atoms with Crippen LogP contribution in [0.3, 0.4) is 0 Å². The van der Waals surface area contributed by atoms with Gasteiger partial charge in [-0.05, 0) is 24.3 Å². The minimum Gasteiger partial charge on any atom is -0.508 e. The van der Waals surface area contributed by atoms with Crippen LogP contribution in [0.2, 0.25) is 0 Å². The summed E-state index contributed by atoms with van der Waals surface area (Å²) in [5, 5.41) is 53.7. The fraction of sp³-hybridized carbons (Fsp3) is 0. The van der Waals surface area contributed by atoms with E-state index in [1.54, 1.807) is 0 Å². The lowest BCUT2D eigenvalue weighted by atomic mass is 10.1. The van der Waals surface area contributed by atoms with E-state index in [1.807, 2.05) is 0 Å². The Labute approximate surface area is 117 Å². The van der Waals surface area contributed by atoms with Gasteiger partial charge in [-0.25, -0.2) is 4.79 Å². The Morgan fingerprint density at radius 1 is 0.905 bits per heavy atom. The van der Waals surface area contributed by atoms with E-state index < -0.39 is 34.5 Å². The van der Waals surface area contributed by atoms with E-state index in [1.165, 1.54) is 24.3 Å². The van der Waals surface area contributed by atoms with Crippen LogP contribution in [0.4, 0.5) is 11.4 Å². The summed E-state index contributed by atoms with van der Waals surface area (Å²) in [4.78, 5) is 11.1. The molecule has 0 spiro atoms. The predicted molar refractivity (Wildman–Crippen MR) is 70.7 cm³/mol. The van der Waals surface area contributed by atoms with Crippen molar-refractivity contribution < 1.29 is 30.3 Å². The van der Waals surface area contributed by atoms with Crippen LogP contribution in [0.15, 0.2) is 40.6 Å². The van der Waals surface area contributed by atoms with Gasteiger partial charge in [0, 0.05) is 6.07 Å². The molecule has 21 heavy (non-hydrogen) atoms. The van der Waals surface area contributed by atoms with Crippen molar-refractivity contribution >= 4 is 17.3 Å². The number of hydrogen-bond donors (Lipinski definition) is 5. The highest BCUT2D eigenvalue weighted by Crippen LogP contribution is 2.45. The average Bonchev–Trinajstić information content (AvgIpc) is 2.45. The fourth-order valence-corrected chi connectivity index (χ4v) is 1.53. The minimum atomic E-state index is -1.46. The van der Waals surface area contributed by atoms with E-state index >= 15 is 0 Å². The molecular formula is C13H10N2O6. The molecule has 2 aromatic rings. The van der Waals surface area contributed by atoms with Crippen LogP contribution in [0.25, 0.3) is 0 Å². The van der Waals surface area contributed by atoms with Gasteiger partial charge in [-0.15, -0.1) is 5.11 Å². The van der Waals surface area contributed by atoms with Gasteiger partial charge in [-0.2, -0.15) is 5.11 Å². The zero-order valence-corrected chi connectivity index (χ0v) is 10.4. The molecule has 0 heterocycles. The van der Waals surface area contributed by atoms with Crippen LogP contribution in [0.1, 0.15) is 10.4 Å². The van der Waals surface area contributed by atoms with E-state index in [0.717, 1.165) is 6.07 Å². The van der Waals surface area contributed by atoms with Crippen molar-refractivity contribution in [3.63, 3.8) is 0 Å². The topological polar surface area (TPSA) is 143 Å². The first-order valence-corrected chi connectivity index (χ1v) is 5.62. The second kappa shape index (κ2) is 5.37. The highest BCUT2D eigenvalue weighted by Gasteiger charge is 2.21. The third-order valence-electron chi connectivity index (χ3n) is 2.57. The Balaban J connectivity index is 2.50. The molecule has 0 unspecified atom stereocenters. The van der Waals surface area contributed by atoms with E-state index in [-0.39, 0.29) is 11.4 Å². The second-order valence-electron chi connectivity index (χ2n) is 4.01. The maximum absolute atomic E-state index is 11.1. The number of benzene rings is 2. The first-order valence-electron chi connectivity index (χ1n) is 5.62. The predicted octanol–water partition coefficient (Wildman–Crippen LogP) is 2.62.